The molecule has 1 amide bonds. The van der Waals surface area contributed by atoms with Crippen molar-refractivity contribution >= 4 is 5.91 Å². The third-order valence-electron chi connectivity index (χ3n) is 3.79. The van der Waals surface area contributed by atoms with Gasteiger partial charge in [-0.1, -0.05) is 30.3 Å². The zero-order valence-corrected chi connectivity index (χ0v) is 11.1. The number of hydrogen-bond donors (Lipinski definition) is 0. The van der Waals surface area contributed by atoms with Crippen LogP contribution in [0.2, 0.25) is 0 Å². The van der Waals surface area contributed by atoms with Crippen LogP contribution in [0.5, 0.6) is 0 Å². The lowest BCUT2D eigenvalue weighted by Gasteiger charge is -2.25. The van der Waals surface area contributed by atoms with E-state index in [-0.39, 0.29) is 17.8 Å². The van der Waals surface area contributed by atoms with Crippen molar-refractivity contribution in [2.45, 2.75) is 18.9 Å². The second-order valence-corrected chi connectivity index (χ2v) is 5.07. The molecule has 3 rings (SSSR count). The normalized spacial score (nSPS) is 18.2. The highest BCUT2D eigenvalue weighted by Gasteiger charge is 2.30. The summed E-state index contributed by atoms with van der Waals surface area (Å²) in [7, 11) is 0. The van der Waals surface area contributed by atoms with Gasteiger partial charge in [-0.25, -0.2) is 4.39 Å². The Morgan fingerprint density at radius 1 is 1.05 bits per heavy atom. The molecule has 2 aromatic rings. The van der Waals surface area contributed by atoms with Crippen LogP contribution in [0, 0.1) is 5.82 Å². The second-order valence-electron chi connectivity index (χ2n) is 5.07. The molecule has 1 aliphatic rings. The molecule has 1 aliphatic heterocycles. The zero-order chi connectivity index (χ0) is 13.9. The van der Waals surface area contributed by atoms with Crippen molar-refractivity contribution in [3.05, 3.63) is 71.5 Å². The lowest BCUT2D eigenvalue weighted by Crippen LogP contribution is -2.30. The van der Waals surface area contributed by atoms with Gasteiger partial charge in [0.05, 0.1) is 6.04 Å². The van der Waals surface area contributed by atoms with Crippen LogP contribution in [0.15, 0.2) is 54.6 Å². The van der Waals surface area contributed by atoms with Gasteiger partial charge in [0.15, 0.2) is 0 Å². The molecule has 2 nitrogen and oxygen atoms in total. The fourth-order valence-corrected chi connectivity index (χ4v) is 2.79. The van der Waals surface area contributed by atoms with Gasteiger partial charge in [0.1, 0.15) is 5.82 Å². The number of benzene rings is 2. The van der Waals surface area contributed by atoms with Gasteiger partial charge in [-0.15, -0.1) is 0 Å². The van der Waals surface area contributed by atoms with Gasteiger partial charge < -0.3 is 4.90 Å². The fourth-order valence-electron chi connectivity index (χ4n) is 2.79. The molecule has 0 bridgehead atoms. The molecule has 0 N–H and O–H groups in total. The first-order valence-corrected chi connectivity index (χ1v) is 6.87. The summed E-state index contributed by atoms with van der Waals surface area (Å²) in [5.41, 5.74) is 1.72. The van der Waals surface area contributed by atoms with Crippen LogP contribution in [0.4, 0.5) is 4.39 Å². The molecule has 0 saturated carbocycles. The van der Waals surface area contributed by atoms with E-state index in [1.165, 1.54) is 17.7 Å². The molecule has 20 heavy (non-hydrogen) atoms. The summed E-state index contributed by atoms with van der Waals surface area (Å²) < 4.78 is 12.9. The average Bonchev–Trinajstić information content (AvgIpc) is 2.97. The Balaban J connectivity index is 1.85. The molecule has 1 fully saturated rings. The fraction of sp³-hybridized carbons (Fsp3) is 0.235. The van der Waals surface area contributed by atoms with Crippen molar-refractivity contribution in [1.82, 2.24) is 4.90 Å². The van der Waals surface area contributed by atoms with E-state index in [4.69, 9.17) is 0 Å². The Morgan fingerprint density at radius 2 is 1.75 bits per heavy atom. The van der Waals surface area contributed by atoms with Crippen LogP contribution in [0.25, 0.3) is 0 Å². The maximum atomic E-state index is 12.9. The maximum absolute atomic E-state index is 12.9. The minimum atomic E-state index is -0.317. The molecule has 1 saturated heterocycles. The Hall–Kier alpha value is -2.16. The first kappa shape index (κ1) is 12.9. The lowest BCUT2D eigenvalue weighted by atomic mass is 10.0. The van der Waals surface area contributed by atoms with E-state index in [9.17, 15) is 9.18 Å². The van der Waals surface area contributed by atoms with E-state index in [0.29, 0.717) is 5.56 Å². The second kappa shape index (κ2) is 5.45. The number of amides is 1. The van der Waals surface area contributed by atoms with Crippen LogP contribution in [-0.2, 0) is 0 Å². The van der Waals surface area contributed by atoms with Gasteiger partial charge in [-0.2, -0.15) is 0 Å². The van der Waals surface area contributed by atoms with Crippen LogP contribution >= 0.6 is 0 Å². The Kier molecular flexibility index (Phi) is 3.50. The minimum Gasteiger partial charge on any atom is -0.332 e. The van der Waals surface area contributed by atoms with E-state index in [2.05, 4.69) is 12.1 Å². The van der Waals surface area contributed by atoms with E-state index < -0.39 is 0 Å². The van der Waals surface area contributed by atoms with Crippen molar-refractivity contribution in [3.8, 4) is 0 Å². The summed E-state index contributed by atoms with van der Waals surface area (Å²) >= 11 is 0. The highest BCUT2D eigenvalue weighted by Crippen LogP contribution is 2.32. The molecular weight excluding hydrogens is 253 g/mol. The van der Waals surface area contributed by atoms with E-state index >= 15 is 0 Å². The highest BCUT2D eigenvalue weighted by atomic mass is 19.1. The molecule has 0 unspecified atom stereocenters. The number of carbonyl (C=O) groups excluding carboxylic acids is 1. The minimum absolute atomic E-state index is 0.0173. The number of nitrogens with zero attached hydrogens (tertiary/aromatic N) is 1. The molecule has 3 heteroatoms. The Morgan fingerprint density at radius 3 is 2.45 bits per heavy atom. The number of carbonyl (C=O) groups is 1. The topological polar surface area (TPSA) is 20.3 Å². The third-order valence-corrected chi connectivity index (χ3v) is 3.79. The largest absolute Gasteiger partial charge is 0.332 e. The molecule has 102 valence electrons. The van der Waals surface area contributed by atoms with Gasteiger partial charge in [-0.3, -0.25) is 4.79 Å². The van der Waals surface area contributed by atoms with E-state index in [0.717, 1.165) is 19.4 Å². The lowest BCUT2D eigenvalue weighted by molar-refractivity contribution is 0.0735. The summed E-state index contributed by atoms with van der Waals surface area (Å²) in [5.74, 6) is -0.334. The predicted octanol–water partition coefficient (Wildman–Crippen LogP) is 3.80. The predicted molar refractivity (Wildman–Crippen MR) is 75.9 cm³/mol. The maximum Gasteiger partial charge on any atom is 0.254 e. The number of likely N-dealkylation sites (tertiary alicyclic amines) is 1. The van der Waals surface area contributed by atoms with Crippen molar-refractivity contribution in [3.63, 3.8) is 0 Å². The zero-order valence-electron chi connectivity index (χ0n) is 11.1. The van der Waals surface area contributed by atoms with Crippen LogP contribution in [-0.4, -0.2) is 17.4 Å². The van der Waals surface area contributed by atoms with E-state index in [1.54, 1.807) is 12.1 Å². The molecule has 1 atom stereocenters. The highest BCUT2D eigenvalue weighted by molar-refractivity contribution is 5.94. The smallest absolute Gasteiger partial charge is 0.254 e. The van der Waals surface area contributed by atoms with Gasteiger partial charge in [0.2, 0.25) is 0 Å². The summed E-state index contributed by atoms with van der Waals surface area (Å²) in [4.78, 5) is 14.4. The molecule has 1 heterocycles. The molecule has 0 aromatic heterocycles. The van der Waals surface area contributed by atoms with Gasteiger partial charge >= 0.3 is 0 Å². The van der Waals surface area contributed by atoms with Gasteiger partial charge in [0, 0.05) is 12.1 Å². The van der Waals surface area contributed by atoms with Crippen molar-refractivity contribution < 1.29 is 9.18 Å². The SMILES string of the molecule is O=C(c1ccc(F)cc1)N1CCC[C@@H]1c1ccccc1. The first-order valence-electron chi connectivity index (χ1n) is 6.87. The van der Waals surface area contributed by atoms with Crippen LogP contribution < -0.4 is 0 Å². The Bertz CT molecular complexity index is 594. The van der Waals surface area contributed by atoms with Crippen LogP contribution in [0.3, 0.4) is 0 Å². The third kappa shape index (κ3) is 2.44. The molecule has 0 radical (unpaired) electrons. The average molecular weight is 269 g/mol. The van der Waals surface area contributed by atoms with E-state index in [1.807, 2.05) is 23.1 Å². The van der Waals surface area contributed by atoms with Gasteiger partial charge in [0.25, 0.3) is 5.91 Å². The molecule has 0 aliphatic carbocycles. The summed E-state index contributed by atoms with van der Waals surface area (Å²) in [6, 6.07) is 16.0. The standard InChI is InChI=1S/C17H16FNO/c18-15-10-8-14(9-11-15)17(20)19-12-4-7-16(19)13-5-2-1-3-6-13/h1-3,5-6,8-11,16H,4,7,12H2/t16-/m1/s1. The van der Waals surface area contributed by atoms with Gasteiger partial charge in [-0.05, 0) is 42.7 Å². The molecular formula is C17H16FNO. The summed E-state index contributed by atoms with van der Waals surface area (Å²) in [6.45, 7) is 0.760. The molecule has 2 aromatic carbocycles. The quantitative estimate of drug-likeness (QED) is 0.812. The van der Waals surface area contributed by atoms with Crippen LogP contribution in [0.1, 0.15) is 34.8 Å². The van der Waals surface area contributed by atoms with Crippen molar-refractivity contribution in [1.29, 1.82) is 0 Å². The summed E-state index contributed by atoms with van der Waals surface area (Å²) in [6.07, 6.45) is 1.99. The van der Waals surface area contributed by atoms with Crippen molar-refractivity contribution in [2.75, 3.05) is 6.54 Å². The Labute approximate surface area is 117 Å². The summed E-state index contributed by atoms with van der Waals surface area (Å²) in [5, 5.41) is 0. The number of hydrogen-bond acceptors (Lipinski definition) is 1. The molecule has 0 spiro atoms. The number of halogens is 1. The van der Waals surface area contributed by atoms with Crippen molar-refractivity contribution in [2.24, 2.45) is 0 Å². The number of rotatable bonds is 2. The first-order chi connectivity index (χ1) is 9.75. The monoisotopic (exact) mass is 269 g/mol.